The van der Waals surface area contributed by atoms with Crippen LogP contribution < -0.4 is 0 Å². The standard InChI is InChI=1S/C10H18ClNO4/c1-3-16-10(14)8-12(6-7-15-2)9(13)4-5-11/h3-8H2,1-2H3. The van der Waals surface area contributed by atoms with E-state index in [1.54, 1.807) is 6.92 Å². The molecule has 0 aromatic rings. The van der Waals surface area contributed by atoms with Gasteiger partial charge in [-0.2, -0.15) is 0 Å². The van der Waals surface area contributed by atoms with Crippen molar-refractivity contribution >= 4 is 23.5 Å². The van der Waals surface area contributed by atoms with Gasteiger partial charge in [0.15, 0.2) is 0 Å². The molecule has 0 saturated carbocycles. The fourth-order valence-electron chi connectivity index (χ4n) is 1.09. The van der Waals surface area contributed by atoms with Crippen LogP contribution in [0.15, 0.2) is 0 Å². The number of alkyl halides is 1. The molecule has 5 nitrogen and oxygen atoms in total. The molecule has 0 aliphatic carbocycles. The van der Waals surface area contributed by atoms with Gasteiger partial charge in [0.2, 0.25) is 5.91 Å². The molecule has 0 bridgehead atoms. The van der Waals surface area contributed by atoms with E-state index in [-0.39, 0.29) is 24.8 Å². The number of halogens is 1. The van der Waals surface area contributed by atoms with E-state index >= 15 is 0 Å². The Bertz CT molecular complexity index is 223. The molecule has 94 valence electrons. The molecule has 6 heteroatoms. The maximum absolute atomic E-state index is 11.6. The number of hydrogen-bond acceptors (Lipinski definition) is 4. The summed E-state index contributed by atoms with van der Waals surface area (Å²) in [5.74, 6) is -0.341. The average molecular weight is 252 g/mol. The zero-order valence-corrected chi connectivity index (χ0v) is 10.5. The van der Waals surface area contributed by atoms with Crippen molar-refractivity contribution < 1.29 is 19.1 Å². The van der Waals surface area contributed by atoms with Crippen molar-refractivity contribution in [1.29, 1.82) is 0 Å². The van der Waals surface area contributed by atoms with E-state index < -0.39 is 5.97 Å². The van der Waals surface area contributed by atoms with Crippen LogP contribution in [0.25, 0.3) is 0 Å². The summed E-state index contributed by atoms with van der Waals surface area (Å²) in [6, 6.07) is 0. The highest BCUT2D eigenvalue weighted by Crippen LogP contribution is 1.97. The van der Waals surface area contributed by atoms with Crippen LogP contribution in [0.1, 0.15) is 13.3 Å². The monoisotopic (exact) mass is 251 g/mol. The van der Waals surface area contributed by atoms with E-state index in [2.05, 4.69) is 0 Å². The summed E-state index contributed by atoms with van der Waals surface area (Å²) >= 11 is 5.48. The van der Waals surface area contributed by atoms with Crippen molar-refractivity contribution in [3.63, 3.8) is 0 Å². The summed E-state index contributed by atoms with van der Waals surface area (Å²) in [6.45, 7) is 2.73. The van der Waals surface area contributed by atoms with Crippen molar-refractivity contribution in [2.24, 2.45) is 0 Å². The van der Waals surface area contributed by atoms with Gasteiger partial charge in [-0.25, -0.2) is 0 Å². The fourth-order valence-corrected chi connectivity index (χ4v) is 1.26. The second-order valence-electron chi connectivity index (χ2n) is 3.05. The van der Waals surface area contributed by atoms with Gasteiger partial charge in [-0.05, 0) is 6.92 Å². The molecule has 0 fully saturated rings. The number of carbonyl (C=O) groups excluding carboxylic acids is 2. The SMILES string of the molecule is CCOC(=O)CN(CCOC)C(=O)CCCl. The Morgan fingerprint density at radius 1 is 1.38 bits per heavy atom. The number of rotatable bonds is 8. The molecule has 0 spiro atoms. The normalized spacial score (nSPS) is 9.94. The van der Waals surface area contributed by atoms with E-state index in [4.69, 9.17) is 21.1 Å². The maximum atomic E-state index is 11.6. The van der Waals surface area contributed by atoms with Crippen molar-refractivity contribution in [3.8, 4) is 0 Å². The summed E-state index contributed by atoms with van der Waals surface area (Å²) in [5, 5.41) is 0. The van der Waals surface area contributed by atoms with Gasteiger partial charge in [-0.15, -0.1) is 11.6 Å². The van der Waals surface area contributed by atoms with Crippen molar-refractivity contribution in [2.45, 2.75) is 13.3 Å². The molecule has 0 aliphatic rings. The van der Waals surface area contributed by atoms with Crippen LogP contribution in [0.4, 0.5) is 0 Å². The Hall–Kier alpha value is -0.810. The van der Waals surface area contributed by atoms with E-state index in [1.807, 2.05) is 0 Å². The smallest absolute Gasteiger partial charge is 0.325 e. The predicted octanol–water partition coefficient (Wildman–Crippen LogP) is 0.653. The number of amides is 1. The number of esters is 1. The highest BCUT2D eigenvalue weighted by Gasteiger charge is 2.16. The number of ether oxygens (including phenoxy) is 2. The van der Waals surface area contributed by atoms with Crippen LogP contribution >= 0.6 is 11.6 Å². The van der Waals surface area contributed by atoms with Gasteiger partial charge in [0.25, 0.3) is 0 Å². The van der Waals surface area contributed by atoms with Crippen molar-refractivity contribution in [1.82, 2.24) is 4.90 Å². The molecule has 0 aromatic heterocycles. The molecule has 0 radical (unpaired) electrons. The summed E-state index contributed by atoms with van der Waals surface area (Å²) in [7, 11) is 1.54. The molecular weight excluding hydrogens is 234 g/mol. The first kappa shape index (κ1) is 15.2. The number of nitrogens with zero attached hydrogens (tertiary/aromatic N) is 1. The van der Waals surface area contributed by atoms with Gasteiger partial charge in [0, 0.05) is 26.0 Å². The summed E-state index contributed by atoms with van der Waals surface area (Å²) in [4.78, 5) is 24.2. The molecule has 0 heterocycles. The Kier molecular flexibility index (Phi) is 8.94. The fraction of sp³-hybridized carbons (Fsp3) is 0.800. The third-order valence-corrected chi connectivity index (χ3v) is 2.04. The average Bonchev–Trinajstić information content (AvgIpc) is 2.24. The van der Waals surface area contributed by atoms with Crippen LogP contribution in [0.2, 0.25) is 0 Å². The van der Waals surface area contributed by atoms with Crippen LogP contribution in [0.3, 0.4) is 0 Å². The molecular formula is C10H18ClNO4. The van der Waals surface area contributed by atoms with E-state index in [0.29, 0.717) is 19.8 Å². The second-order valence-corrected chi connectivity index (χ2v) is 3.43. The van der Waals surface area contributed by atoms with Gasteiger partial charge >= 0.3 is 5.97 Å². The predicted molar refractivity (Wildman–Crippen MR) is 60.4 cm³/mol. The quantitative estimate of drug-likeness (QED) is 0.470. The molecule has 0 rings (SSSR count). The van der Waals surface area contributed by atoms with Crippen LogP contribution in [-0.4, -0.2) is 56.1 Å². The molecule has 0 aliphatic heterocycles. The van der Waals surface area contributed by atoms with E-state index in [0.717, 1.165) is 0 Å². The largest absolute Gasteiger partial charge is 0.465 e. The third-order valence-electron chi connectivity index (χ3n) is 1.85. The third kappa shape index (κ3) is 6.63. The van der Waals surface area contributed by atoms with Crippen molar-refractivity contribution in [3.05, 3.63) is 0 Å². The molecule has 1 amide bonds. The minimum atomic E-state index is -0.415. The van der Waals surface area contributed by atoms with Crippen LogP contribution in [-0.2, 0) is 19.1 Å². The minimum Gasteiger partial charge on any atom is -0.465 e. The highest BCUT2D eigenvalue weighted by molar-refractivity contribution is 6.18. The van der Waals surface area contributed by atoms with Gasteiger partial charge in [-0.1, -0.05) is 0 Å². The first-order valence-electron chi connectivity index (χ1n) is 5.14. The molecule has 16 heavy (non-hydrogen) atoms. The molecule has 0 saturated heterocycles. The molecule has 0 N–H and O–H groups in total. The Morgan fingerprint density at radius 2 is 2.06 bits per heavy atom. The van der Waals surface area contributed by atoms with Gasteiger partial charge in [0.05, 0.1) is 13.2 Å². The van der Waals surface area contributed by atoms with Crippen LogP contribution in [0.5, 0.6) is 0 Å². The minimum absolute atomic E-state index is 0.0487. The Morgan fingerprint density at radius 3 is 2.56 bits per heavy atom. The zero-order chi connectivity index (χ0) is 12.4. The number of carbonyl (C=O) groups is 2. The summed E-state index contributed by atoms with van der Waals surface area (Å²) in [6.07, 6.45) is 0.213. The lowest BCUT2D eigenvalue weighted by Gasteiger charge is -2.20. The Labute approximate surface area is 101 Å². The first-order valence-corrected chi connectivity index (χ1v) is 5.67. The van der Waals surface area contributed by atoms with Gasteiger partial charge in [0.1, 0.15) is 6.54 Å². The first-order chi connectivity index (χ1) is 7.65. The lowest BCUT2D eigenvalue weighted by Crippen LogP contribution is -2.38. The molecule has 0 atom stereocenters. The molecule has 0 unspecified atom stereocenters. The highest BCUT2D eigenvalue weighted by atomic mass is 35.5. The van der Waals surface area contributed by atoms with E-state index in [9.17, 15) is 9.59 Å². The Balaban J connectivity index is 4.18. The summed E-state index contributed by atoms with van der Waals surface area (Å²) < 4.78 is 9.64. The van der Waals surface area contributed by atoms with Gasteiger partial charge < -0.3 is 14.4 Å². The second kappa shape index (κ2) is 9.42. The lowest BCUT2D eigenvalue weighted by atomic mass is 10.3. The van der Waals surface area contributed by atoms with Crippen LogP contribution in [0, 0.1) is 0 Å². The van der Waals surface area contributed by atoms with E-state index in [1.165, 1.54) is 12.0 Å². The molecule has 0 aromatic carbocycles. The topological polar surface area (TPSA) is 55.8 Å². The lowest BCUT2D eigenvalue weighted by molar-refractivity contribution is -0.149. The zero-order valence-electron chi connectivity index (χ0n) is 9.70. The number of methoxy groups -OCH3 is 1. The number of hydrogen-bond donors (Lipinski definition) is 0. The summed E-state index contributed by atoms with van der Waals surface area (Å²) in [5.41, 5.74) is 0. The van der Waals surface area contributed by atoms with Gasteiger partial charge in [-0.3, -0.25) is 9.59 Å². The van der Waals surface area contributed by atoms with Crippen molar-refractivity contribution in [2.75, 3.05) is 39.3 Å². The maximum Gasteiger partial charge on any atom is 0.325 e.